The zero-order chi connectivity index (χ0) is 13.8. The SMILES string of the molecule is CCCCC(=O)N1CC/C(=N\O)c2cc(Cl)ccc21. The van der Waals surface area contributed by atoms with Gasteiger partial charge in [0.25, 0.3) is 0 Å². The minimum atomic E-state index is 0.113. The topological polar surface area (TPSA) is 52.9 Å². The molecule has 5 heteroatoms. The number of nitrogens with zero attached hydrogens (tertiary/aromatic N) is 2. The van der Waals surface area contributed by atoms with Crippen molar-refractivity contribution in [1.82, 2.24) is 0 Å². The van der Waals surface area contributed by atoms with E-state index in [1.807, 2.05) is 6.07 Å². The molecule has 1 aliphatic heterocycles. The molecule has 0 unspecified atom stereocenters. The van der Waals surface area contributed by atoms with Crippen molar-refractivity contribution >= 4 is 28.9 Å². The van der Waals surface area contributed by atoms with E-state index in [4.69, 9.17) is 16.8 Å². The Morgan fingerprint density at radius 2 is 2.32 bits per heavy atom. The van der Waals surface area contributed by atoms with Crippen LogP contribution in [0.2, 0.25) is 5.02 Å². The van der Waals surface area contributed by atoms with E-state index in [1.165, 1.54) is 0 Å². The smallest absolute Gasteiger partial charge is 0.227 e. The summed E-state index contributed by atoms with van der Waals surface area (Å²) in [4.78, 5) is 14.0. The molecule has 1 aromatic rings. The highest BCUT2D eigenvalue weighted by atomic mass is 35.5. The molecule has 0 saturated heterocycles. The van der Waals surface area contributed by atoms with Gasteiger partial charge in [0.15, 0.2) is 0 Å². The number of halogens is 1. The molecule has 0 bridgehead atoms. The standard InChI is InChI=1S/C14H17ClN2O2/c1-2-3-4-14(18)17-8-7-12(16-19)11-9-10(15)5-6-13(11)17/h5-6,9,19H,2-4,7-8H2,1H3/b16-12+. The van der Waals surface area contributed by atoms with Crippen molar-refractivity contribution < 1.29 is 10.0 Å². The number of hydrogen-bond donors (Lipinski definition) is 1. The first-order valence-corrected chi connectivity index (χ1v) is 6.86. The van der Waals surface area contributed by atoms with Gasteiger partial charge in [0.2, 0.25) is 5.91 Å². The average Bonchev–Trinajstić information content (AvgIpc) is 2.43. The quantitative estimate of drug-likeness (QED) is 0.681. The molecule has 1 aliphatic rings. The number of anilines is 1. The zero-order valence-electron chi connectivity index (χ0n) is 10.9. The lowest BCUT2D eigenvalue weighted by Crippen LogP contribution is -2.37. The van der Waals surface area contributed by atoms with Crippen LogP contribution >= 0.6 is 11.6 Å². The lowest BCUT2D eigenvalue weighted by atomic mass is 9.99. The molecule has 1 heterocycles. The third kappa shape index (κ3) is 2.89. The molecular weight excluding hydrogens is 264 g/mol. The number of benzene rings is 1. The van der Waals surface area contributed by atoms with Crippen molar-refractivity contribution in [1.29, 1.82) is 0 Å². The normalized spacial score (nSPS) is 16.5. The maximum absolute atomic E-state index is 12.2. The predicted molar refractivity (Wildman–Crippen MR) is 76.3 cm³/mol. The van der Waals surface area contributed by atoms with Crippen molar-refractivity contribution in [2.75, 3.05) is 11.4 Å². The van der Waals surface area contributed by atoms with E-state index in [0.29, 0.717) is 30.1 Å². The summed E-state index contributed by atoms with van der Waals surface area (Å²) >= 11 is 5.97. The second-order valence-electron chi connectivity index (χ2n) is 4.61. The molecule has 0 aliphatic carbocycles. The van der Waals surface area contributed by atoms with Gasteiger partial charge in [-0.3, -0.25) is 4.79 Å². The summed E-state index contributed by atoms with van der Waals surface area (Å²) in [7, 11) is 0. The van der Waals surface area contributed by atoms with Crippen LogP contribution in [0.4, 0.5) is 5.69 Å². The Labute approximate surface area is 117 Å². The zero-order valence-corrected chi connectivity index (χ0v) is 11.7. The van der Waals surface area contributed by atoms with Gasteiger partial charge < -0.3 is 10.1 Å². The van der Waals surface area contributed by atoms with Gasteiger partial charge in [0.05, 0.1) is 11.4 Å². The van der Waals surface area contributed by atoms with Crippen LogP contribution in [0.1, 0.15) is 38.2 Å². The second-order valence-corrected chi connectivity index (χ2v) is 5.04. The van der Waals surface area contributed by atoms with E-state index in [1.54, 1.807) is 17.0 Å². The van der Waals surface area contributed by atoms with Crippen molar-refractivity contribution in [2.45, 2.75) is 32.6 Å². The van der Waals surface area contributed by atoms with Crippen LogP contribution in [0.5, 0.6) is 0 Å². The van der Waals surface area contributed by atoms with Crippen molar-refractivity contribution in [2.24, 2.45) is 5.16 Å². The van der Waals surface area contributed by atoms with Gasteiger partial charge in [-0.1, -0.05) is 30.1 Å². The molecule has 0 aromatic heterocycles. The van der Waals surface area contributed by atoms with Gasteiger partial charge in [-0.2, -0.15) is 0 Å². The maximum atomic E-state index is 12.2. The fourth-order valence-electron chi connectivity index (χ4n) is 2.27. The van der Waals surface area contributed by atoms with Crippen LogP contribution in [-0.2, 0) is 4.79 Å². The molecule has 19 heavy (non-hydrogen) atoms. The van der Waals surface area contributed by atoms with E-state index < -0.39 is 0 Å². The van der Waals surface area contributed by atoms with E-state index in [-0.39, 0.29) is 5.91 Å². The number of amides is 1. The number of carbonyl (C=O) groups excluding carboxylic acids is 1. The molecule has 2 rings (SSSR count). The Morgan fingerprint density at radius 1 is 1.53 bits per heavy atom. The molecule has 0 spiro atoms. The predicted octanol–water partition coefficient (Wildman–Crippen LogP) is 3.45. The second kappa shape index (κ2) is 6.06. The molecule has 102 valence electrons. The number of carbonyl (C=O) groups is 1. The highest BCUT2D eigenvalue weighted by Crippen LogP contribution is 2.30. The Kier molecular flexibility index (Phi) is 4.43. The number of fused-ring (bicyclic) bond motifs is 1. The molecule has 1 amide bonds. The molecule has 1 aromatic carbocycles. The first-order valence-electron chi connectivity index (χ1n) is 6.48. The summed E-state index contributed by atoms with van der Waals surface area (Å²) in [5.74, 6) is 0.113. The first-order chi connectivity index (χ1) is 9.17. The number of unbranched alkanes of at least 4 members (excludes halogenated alkanes) is 1. The van der Waals surface area contributed by atoms with Crippen molar-refractivity contribution in [3.05, 3.63) is 28.8 Å². The Bertz CT molecular complexity index is 514. The van der Waals surface area contributed by atoms with Gasteiger partial charge in [0.1, 0.15) is 0 Å². The largest absolute Gasteiger partial charge is 0.411 e. The fraction of sp³-hybridized carbons (Fsp3) is 0.429. The summed E-state index contributed by atoms with van der Waals surface area (Å²) in [6.07, 6.45) is 2.97. The van der Waals surface area contributed by atoms with Gasteiger partial charge >= 0.3 is 0 Å². The summed E-state index contributed by atoms with van der Waals surface area (Å²) in [5.41, 5.74) is 2.10. The number of oxime groups is 1. The molecule has 0 saturated carbocycles. The van der Waals surface area contributed by atoms with Crippen LogP contribution in [0.3, 0.4) is 0 Å². The van der Waals surface area contributed by atoms with E-state index >= 15 is 0 Å². The van der Waals surface area contributed by atoms with Gasteiger partial charge in [-0.15, -0.1) is 0 Å². The molecule has 1 N–H and O–H groups in total. The number of rotatable bonds is 3. The molecule has 0 fully saturated rings. The molecule has 0 radical (unpaired) electrons. The van der Waals surface area contributed by atoms with E-state index in [0.717, 1.165) is 24.1 Å². The Balaban J connectivity index is 2.33. The summed E-state index contributed by atoms with van der Waals surface area (Å²) in [6.45, 7) is 2.62. The summed E-state index contributed by atoms with van der Waals surface area (Å²) in [5, 5.41) is 12.9. The molecule has 0 atom stereocenters. The fourth-order valence-corrected chi connectivity index (χ4v) is 2.45. The van der Waals surface area contributed by atoms with Gasteiger partial charge in [0, 0.05) is 30.0 Å². The lowest BCUT2D eigenvalue weighted by molar-refractivity contribution is -0.118. The first kappa shape index (κ1) is 13.9. The van der Waals surface area contributed by atoms with Crippen LogP contribution in [-0.4, -0.2) is 23.4 Å². The van der Waals surface area contributed by atoms with E-state index in [2.05, 4.69) is 12.1 Å². The highest BCUT2D eigenvalue weighted by Gasteiger charge is 2.26. The monoisotopic (exact) mass is 280 g/mol. The molecular formula is C14H17ClN2O2. The van der Waals surface area contributed by atoms with Crippen molar-refractivity contribution in [3.63, 3.8) is 0 Å². The summed E-state index contributed by atoms with van der Waals surface area (Å²) < 4.78 is 0. The third-order valence-corrected chi connectivity index (χ3v) is 3.53. The lowest BCUT2D eigenvalue weighted by Gasteiger charge is -2.30. The minimum absolute atomic E-state index is 0.113. The average molecular weight is 281 g/mol. The van der Waals surface area contributed by atoms with Crippen LogP contribution < -0.4 is 4.90 Å². The summed E-state index contributed by atoms with van der Waals surface area (Å²) in [6, 6.07) is 5.30. The van der Waals surface area contributed by atoms with Crippen LogP contribution in [0.25, 0.3) is 0 Å². The van der Waals surface area contributed by atoms with Gasteiger partial charge in [-0.05, 0) is 24.6 Å². The third-order valence-electron chi connectivity index (χ3n) is 3.30. The number of hydrogen-bond acceptors (Lipinski definition) is 3. The Hall–Kier alpha value is -1.55. The Morgan fingerprint density at radius 3 is 3.00 bits per heavy atom. The van der Waals surface area contributed by atoms with Crippen LogP contribution in [0.15, 0.2) is 23.4 Å². The van der Waals surface area contributed by atoms with E-state index in [9.17, 15) is 4.79 Å². The maximum Gasteiger partial charge on any atom is 0.227 e. The molecule has 4 nitrogen and oxygen atoms in total. The van der Waals surface area contributed by atoms with Gasteiger partial charge in [-0.25, -0.2) is 0 Å². The van der Waals surface area contributed by atoms with Crippen LogP contribution in [0, 0.1) is 0 Å². The highest BCUT2D eigenvalue weighted by molar-refractivity contribution is 6.31. The van der Waals surface area contributed by atoms with Crippen molar-refractivity contribution in [3.8, 4) is 0 Å². The minimum Gasteiger partial charge on any atom is -0.411 e.